The molecule has 0 aliphatic heterocycles. The zero-order valence-corrected chi connectivity index (χ0v) is 19.1. The van der Waals surface area contributed by atoms with Crippen molar-refractivity contribution in [3.63, 3.8) is 0 Å². The number of carbonyl (C=O) groups excluding carboxylic acids is 2. The number of fused-ring (bicyclic) bond motifs is 1. The number of hydrogen-bond donors (Lipinski definition) is 3. The summed E-state index contributed by atoms with van der Waals surface area (Å²) >= 11 is 0. The minimum absolute atomic E-state index is 0.182. The van der Waals surface area contributed by atoms with E-state index in [1.54, 1.807) is 50.3 Å². The lowest BCUT2D eigenvalue weighted by atomic mass is 10.1. The van der Waals surface area contributed by atoms with Gasteiger partial charge in [-0.15, -0.1) is 0 Å². The van der Waals surface area contributed by atoms with Gasteiger partial charge in [0.15, 0.2) is 5.75 Å². The molecule has 174 valence electrons. The van der Waals surface area contributed by atoms with E-state index in [2.05, 4.69) is 15.3 Å². The molecule has 0 bridgehead atoms. The number of aromatic amines is 1. The van der Waals surface area contributed by atoms with Crippen LogP contribution in [0.15, 0.2) is 70.5 Å². The Hall–Kier alpha value is -4.46. The number of nitrogens with one attached hydrogen (secondary N) is 2. The molecule has 1 aromatic heterocycles. The van der Waals surface area contributed by atoms with Gasteiger partial charge in [-0.2, -0.15) is 0 Å². The summed E-state index contributed by atoms with van der Waals surface area (Å²) in [6.45, 7) is 5.51. The fourth-order valence-corrected chi connectivity index (χ4v) is 3.28. The number of hydrogen-bond acceptors (Lipinski definition) is 6. The van der Waals surface area contributed by atoms with Crippen molar-refractivity contribution in [1.29, 1.82) is 0 Å². The van der Waals surface area contributed by atoms with Crippen LogP contribution in [-0.4, -0.2) is 28.2 Å². The van der Waals surface area contributed by atoms with Gasteiger partial charge in [-0.05, 0) is 50.6 Å². The van der Waals surface area contributed by atoms with Gasteiger partial charge in [-0.25, -0.2) is 4.79 Å². The molecule has 0 saturated carbocycles. The molecular formula is C26H25N3O5. The Morgan fingerprint density at radius 2 is 1.85 bits per heavy atom. The SMILES string of the molecule is CC=CC(=O)Nc1ccc(CN=Cc2c(O)[nH]c(=O)c3ccc(C)cc23)cc1OC(=O)C=CC. The van der Waals surface area contributed by atoms with Crippen LogP contribution in [0.2, 0.25) is 0 Å². The van der Waals surface area contributed by atoms with Crippen molar-refractivity contribution in [3.05, 3.63) is 87.7 Å². The van der Waals surface area contributed by atoms with Crippen LogP contribution < -0.4 is 15.6 Å². The normalized spacial score (nSPS) is 11.6. The summed E-state index contributed by atoms with van der Waals surface area (Å²) in [6, 6.07) is 10.3. The van der Waals surface area contributed by atoms with Gasteiger partial charge >= 0.3 is 5.97 Å². The third-order valence-corrected chi connectivity index (χ3v) is 4.83. The molecular weight excluding hydrogens is 434 g/mol. The summed E-state index contributed by atoms with van der Waals surface area (Å²) in [5.74, 6) is -1.02. The van der Waals surface area contributed by atoms with Crippen molar-refractivity contribution < 1.29 is 19.4 Å². The first-order chi connectivity index (χ1) is 16.3. The predicted molar refractivity (Wildman–Crippen MR) is 133 cm³/mol. The van der Waals surface area contributed by atoms with Gasteiger partial charge in [0.2, 0.25) is 11.8 Å². The number of esters is 1. The second-order valence-corrected chi connectivity index (χ2v) is 7.48. The Balaban J connectivity index is 1.91. The minimum atomic E-state index is -0.579. The lowest BCUT2D eigenvalue weighted by molar-refractivity contribution is -0.129. The maximum absolute atomic E-state index is 12.1. The fraction of sp³-hybridized carbons (Fsp3) is 0.154. The second kappa shape index (κ2) is 10.9. The highest BCUT2D eigenvalue weighted by atomic mass is 16.5. The summed E-state index contributed by atoms with van der Waals surface area (Å²) in [7, 11) is 0. The predicted octanol–water partition coefficient (Wildman–Crippen LogP) is 4.16. The van der Waals surface area contributed by atoms with Crippen LogP contribution >= 0.6 is 0 Å². The summed E-state index contributed by atoms with van der Waals surface area (Å²) in [5, 5.41) is 14.0. The van der Waals surface area contributed by atoms with E-state index >= 15 is 0 Å². The van der Waals surface area contributed by atoms with Crippen LogP contribution in [0, 0.1) is 6.92 Å². The molecule has 1 amide bonds. The largest absolute Gasteiger partial charge is 0.494 e. The van der Waals surface area contributed by atoms with Gasteiger partial charge in [0, 0.05) is 23.1 Å². The molecule has 0 saturated heterocycles. The number of allylic oxidation sites excluding steroid dienone is 2. The molecule has 3 N–H and O–H groups in total. The number of ether oxygens (including phenoxy) is 1. The molecule has 34 heavy (non-hydrogen) atoms. The van der Waals surface area contributed by atoms with E-state index in [1.165, 1.54) is 18.4 Å². The molecule has 0 aliphatic rings. The summed E-state index contributed by atoms with van der Waals surface area (Å²) < 4.78 is 5.38. The number of benzene rings is 2. The summed E-state index contributed by atoms with van der Waals surface area (Å²) in [5.41, 5.74) is 2.00. The highest BCUT2D eigenvalue weighted by Crippen LogP contribution is 2.27. The van der Waals surface area contributed by atoms with Gasteiger partial charge in [-0.1, -0.05) is 35.9 Å². The number of aryl methyl sites for hydroxylation is 1. The van der Waals surface area contributed by atoms with Crippen molar-refractivity contribution in [3.8, 4) is 11.6 Å². The molecule has 0 aliphatic carbocycles. The van der Waals surface area contributed by atoms with Gasteiger partial charge in [0.1, 0.15) is 0 Å². The number of aromatic nitrogens is 1. The molecule has 8 heteroatoms. The van der Waals surface area contributed by atoms with E-state index in [1.807, 2.05) is 19.1 Å². The van der Waals surface area contributed by atoms with E-state index in [0.717, 1.165) is 5.56 Å². The van der Waals surface area contributed by atoms with Crippen LogP contribution in [0.3, 0.4) is 0 Å². The molecule has 0 unspecified atom stereocenters. The Morgan fingerprint density at radius 1 is 1.09 bits per heavy atom. The van der Waals surface area contributed by atoms with Gasteiger partial charge in [-0.3, -0.25) is 19.6 Å². The van der Waals surface area contributed by atoms with E-state index < -0.39 is 5.97 Å². The van der Waals surface area contributed by atoms with Crippen molar-refractivity contribution in [2.75, 3.05) is 5.32 Å². The average molecular weight is 460 g/mol. The van der Waals surface area contributed by atoms with Crippen LogP contribution in [0.25, 0.3) is 10.8 Å². The molecule has 0 radical (unpaired) electrons. The van der Waals surface area contributed by atoms with E-state index in [0.29, 0.717) is 27.6 Å². The second-order valence-electron chi connectivity index (χ2n) is 7.48. The number of aliphatic imine (C=N–C) groups is 1. The molecule has 0 atom stereocenters. The standard InChI is InChI=1S/C26H25N3O5/c1-4-6-23(30)28-21-11-9-17(13-22(21)34-24(31)7-5-2)14-27-15-20-19-12-16(3)8-10-18(19)25(32)29-26(20)33/h4-13,15H,14H2,1-3H3,(H,28,30)(H2,29,32,33). The number of H-pyrrole nitrogens is 1. The molecule has 1 heterocycles. The number of nitrogens with zero attached hydrogens (tertiary/aromatic N) is 1. The Morgan fingerprint density at radius 3 is 2.59 bits per heavy atom. The maximum Gasteiger partial charge on any atom is 0.335 e. The molecule has 0 fully saturated rings. The topological polar surface area (TPSA) is 121 Å². The average Bonchev–Trinajstić information content (AvgIpc) is 2.77. The summed E-state index contributed by atoms with van der Waals surface area (Å²) in [6.07, 6.45) is 7.27. The number of aromatic hydroxyl groups is 1. The first-order valence-corrected chi connectivity index (χ1v) is 10.6. The first kappa shape index (κ1) is 24.2. The van der Waals surface area contributed by atoms with Crippen LogP contribution in [0.4, 0.5) is 5.69 Å². The Bertz CT molecular complexity index is 1380. The lowest BCUT2D eigenvalue weighted by Crippen LogP contribution is -2.12. The van der Waals surface area contributed by atoms with E-state index in [-0.39, 0.29) is 29.6 Å². The van der Waals surface area contributed by atoms with Gasteiger partial charge in [0.25, 0.3) is 5.56 Å². The van der Waals surface area contributed by atoms with Gasteiger partial charge < -0.3 is 15.2 Å². The smallest absolute Gasteiger partial charge is 0.335 e. The quantitative estimate of drug-likeness (QED) is 0.212. The number of amides is 1. The molecule has 3 aromatic rings. The van der Waals surface area contributed by atoms with Crippen LogP contribution in [0.5, 0.6) is 11.6 Å². The number of rotatable bonds is 7. The third kappa shape index (κ3) is 5.86. The monoisotopic (exact) mass is 459 g/mol. The van der Waals surface area contributed by atoms with E-state index in [9.17, 15) is 19.5 Å². The third-order valence-electron chi connectivity index (χ3n) is 4.83. The zero-order chi connectivity index (χ0) is 24.7. The Labute approximate surface area is 196 Å². The van der Waals surface area contributed by atoms with Crippen molar-refractivity contribution in [1.82, 2.24) is 4.98 Å². The fourth-order valence-electron chi connectivity index (χ4n) is 3.28. The molecule has 8 nitrogen and oxygen atoms in total. The Kier molecular flexibility index (Phi) is 7.76. The first-order valence-electron chi connectivity index (χ1n) is 10.6. The highest BCUT2D eigenvalue weighted by Gasteiger charge is 2.12. The highest BCUT2D eigenvalue weighted by molar-refractivity contribution is 6.02. The molecule has 2 aromatic carbocycles. The number of anilines is 1. The summed E-state index contributed by atoms with van der Waals surface area (Å²) in [4.78, 5) is 42.9. The van der Waals surface area contributed by atoms with Crippen molar-refractivity contribution >= 4 is 34.6 Å². The van der Waals surface area contributed by atoms with Crippen molar-refractivity contribution in [2.45, 2.75) is 27.3 Å². The number of pyridine rings is 1. The van der Waals surface area contributed by atoms with Gasteiger partial charge in [0.05, 0.1) is 17.8 Å². The van der Waals surface area contributed by atoms with Crippen LogP contribution in [-0.2, 0) is 16.1 Å². The molecule has 0 spiro atoms. The lowest BCUT2D eigenvalue weighted by Gasteiger charge is -2.11. The zero-order valence-electron chi connectivity index (χ0n) is 19.1. The van der Waals surface area contributed by atoms with Crippen molar-refractivity contribution in [2.24, 2.45) is 4.99 Å². The van der Waals surface area contributed by atoms with E-state index in [4.69, 9.17) is 4.74 Å². The minimum Gasteiger partial charge on any atom is -0.494 e. The molecule has 3 rings (SSSR count). The van der Waals surface area contributed by atoms with Crippen LogP contribution in [0.1, 0.15) is 30.5 Å². The number of carbonyl (C=O) groups is 2. The maximum atomic E-state index is 12.1.